The third kappa shape index (κ3) is 3.14. The van der Waals surface area contributed by atoms with Gasteiger partial charge in [-0.25, -0.2) is 0 Å². The first-order chi connectivity index (χ1) is 11.7. The van der Waals surface area contributed by atoms with Crippen LogP contribution < -0.4 is 15.5 Å². The van der Waals surface area contributed by atoms with Gasteiger partial charge in [0.15, 0.2) is 0 Å². The molecule has 0 radical (unpaired) electrons. The van der Waals surface area contributed by atoms with E-state index in [-0.39, 0.29) is 5.54 Å². The van der Waals surface area contributed by atoms with Crippen LogP contribution in [0, 0.1) is 13.8 Å². The maximum Gasteiger partial charge on any atom is 0.0606 e. The number of fused-ring (bicyclic) bond motifs is 1. The largest absolute Gasteiger partial charge is 0.376 e. The van der Waals surface area contributed by atoms with Crippen molar-refractivity contribution in [3.05, 3.63) is 23.3 Å². The topological polar surface area (TPSA) is 30.5 Å². The number of nitrogens with zero attached hydrogens (tertiary/aromatic N) is 2. The van der Waals surface area contributed by atoms with Crippen molar-refractivity contribution in [3.8, 4) is 0 Å². The smallest absolute Gasteiger partial charge is 0.0606 e. The second-order valence-corrected chi connectivity index (χ2v) is 8.08. The molecule has 4 rings (SSSR count). The van der Waals surface area contributed by atoms with Crippen LogP contribution in [-0.2, 0) is 0 Å². The van der Waals surface area contributed by atoms with Crippen LogP contribution in [0.1, 0.15) is 36.8 Å². The SMILES string of the molecule is Cc1cc2c(cc1C)N(CCN1CCCC1)CC1(CCNCC1)N2. The first-order valence-corrected chi connectivity index (χ1v) is 9.73. The van der Waals surface area contributed by atoms with E-state index in [0.717, 1.165) is 26.2 Å². The van der Waals surface area contributed by atoms with E-state index in [1.54, 1.807) is 0 Å². The Morgan fingerprint density at radius 3 is 2.46 bits per heavy atom. The van der Waals surface area contributed by atoms with Crippen LogP contribution in [0.25, 0.3) is 0 Å². The van der Waals surface area contributed by atoms with Crippen LogP contribution in [0.5, 0.6) is 0 Å². The molecule has 3 heterocycles. The van der Waals surface area contributed by atoms with Crippen molar-refractivity contribution >= 4 is 11.4 Å². The van der Waals surface area contributed by atoms with Crippen molar-refractivity contribution in [3.63, 3.8) is 0 Å². The minimum absolute atomic E-state index is 0.255. The third-order valence-corrected chi connectivity index (χ3v) is 6.29. The van der Waals surface area contributed by atoms with Crippen LogP contribution in [0.3, 0.4) is 0 Å². The molecular formula is C20H32N4. The van der Waals surface area contributed by atoms with E-state index in [2.05, 4.69) is 46.4 Å². The maximum absolute atomic E-state index is 3.94. The molecular weight excluding hydrogens is 296 g/mol. The van der Waals surface area contributed by atoms with Gasteiger partial charge in [0.05, 0.1) is 16.9 Å². The molecule has 3 aliphatic heterocycles. The Balaban J connectivity index is 1.59. The summed E-state index contributed by atoms with van der Waals surface area (Å²) >= 11 is 0. The molecule has 1 aromatic rings. The van der Waals surface area contributed by atoms with Gasteiger partial charge in [0.2, 0.25) is 0 Å². The zero-order chi connectivity index (χ0) is 16.6. The summed E-state index contributed by atoms with van der Waals surface area (Å²) in [6.45, 7) is 12.8. The van der Waals surface area contributed by atoms with Crippen LogP contribution in [0.4, 0.5) is 11.4 Å². The summed E-state index contributed by atoms with van der Waals surface area (Å²) in [7, 11) is 0. The van der Waals surface area contributed by atoms with E-state index < -0.39 is 0 Å². The number of piperidine rings is 1. The molecule has 0 unspecified atom stereocenters. The Kier molecular flexibility index (Phi) is 4.44. The van der Waals surface area contributed by atoms with Gasteiger partial charge in [-0.2, -0.15) is 0 Å². The molecule has 0 saturated carbocycles. The lowest BCUT2D eigenvalue weighted by Gasteiger charge is -2.48. The van der Waals surface area contributed by atoms with Crippen LogP contribution in [0.15, 0.2) is 12.1 Å². The molecule has 1 aromatic carbocycles. The van der Waals surface area contributed by atoms with E-state index in [1.165, 1.54) is 67.8 Å². The predicted molar refractivity (Wildman–Crippen MR) is 102 cm³/mol. The summed E-state index contributed by atoms with van der Waals surface area (Å²) in [4.78, 5) is 5.31. The van der Waals surface area contributed by atoms with Crippen LogP contribution in [-0.4, -0.2) is 56.3 Å². The first kappa shape index (κ1) is 16.2. The highest BCUT2D eigenvalue weighted by atomic mass is 15.3. The second-order valence-electron chi connectivity index (χ2n) is 8.08. The molecule has 1 spiro atoms. The van der Waals surface area contributed by atoms with E-state index in [9.17, 15) is 0 Å². The normalized spacial score (nSPS) is 23.3. The summed E-state index contributed by atoms with van der Waals surface area (Å²) in [5.41, 5.74) is 5.83. The van der Waals surface area contributed by atoms with E-state index >= 15 is 0 Å². The highest BCUT2D eigenvalue weighted by molar-refractivity contribution is 5.75. The van der Waals surface area contributed by atoms with Crippen LogP contribution >= 0.6 is 0 Å². The quantitative estimate of drug-likeness (QED) is 0.893. The number of anilines is 2. The number of aryl methyl sites for hydroxylation is 2. The van der Waals surface area contributed by atoms with Gasteiger partial charge in [0.1, 0.15) is 0 Å². The molecule has 3 aliphatic rings. The fourth-order valence-corrected chi connectivity index (χ4v) is 4.59. The number of rotatable bonds is 3. The van der Waals surface area contributed by atoms with Gasteiger partial charge < -0.3 is 20.4 Å². The molecule has 0 atom stereocenters. The monoisotopic (exact) mass is 328 g/mol. The van der Waals surface area contributed by atoms with Gasteiger partial charge in [0.25, 0.3) is 0 Å². The molecule has 2 N–H and O–H groups in total. The molecule has 2 saturated heterocycles. The number of nitrogens with one attached hydrogen (secondary N) is 2. The fraction of sp³-hybridized carbons (Fsp3) is 0.700. The van der Waals surface area contributed by atoms with Gasteiger partial charge in [-0.1, -0.05) is 0 Å². The van der Waals surface area contributed by atoms with Gasteiger partial charge in [0, 0.05) is 19.6 Å². The zero-order valence-corrected chi connectivity index (χ0v) is 15.3. The van der Waals surface area contributed by atoms with Crippen molar-refractivity contribution in [2.24, 2.45) is 0 Å². The minimum atomic E-state index is 0.255. The van der Waals surface area contributed by atoms with Crippen LogP contribution in [0.2, 0.25) is 0 Å². The Morgan fingerprint density at radius 1 is 1.00 bits per heavy atom. The summed E-state index contributed by atoms with van der Waals surface area (Å²) in [6.07, 6.45) is 5.21. The van der Waals surface area contributed by atoms with Crippen molar-refractivity contribution in [1.82, 2.24) is 10.2 Å². The maximum atomic E-state index is 3.94. The van der Waals surface area contributed by atoms with Crippen molar-refractivity contribution < 1.29 is 0 Å². The standard InChI is InChI=1S/C20H32N4/c1-16-13-18-19(14-17(16)2)24(12-11-23-9-3-4-10-23)15-20(22-18)5-7-21-8-6-20/h13-14,21-22H,3-12,15H2,1-2H3. The highest BCUT2D eigenvalue weighted by Crippen LogP contribution is 2.39. The molecule has 132 valence electrons. The van der Waals surface area contributed by atoms with Crippen molar-refractivity contribution in [2.45, 2.75) is 45.1 Å². The summed E-state index contributed by atoms with van der Waals surface area (Å²) < 4.78 is 0. The summed E-state index contributed by atoms with van der Waals surface area (Å²) in [5, 5.41) is 7.47. The average molecular weight is 329 g/mol. The summed E-state index contributed by atoms with van der Waals surface area (Å²) in [6, 6.07) is 4.77. The lowest BCUT2D eigenvalue weighted by Crippen LogP contribution is -2.58. The highest BCUT2D eigenvalue weighted by Gasteiger charge is 2.38. The van der Waals surface area contributed by atoms with Gasteiger partial charge in [-0.15, -0.1) is 0 Å². The number of benzene rings is 1. The minimum Gasteiger partial charge on any atom is -0.376 e. The molecule has 0 bridgehead atoms. The first-order valence-electron chi connectivity index (χ1n) is 9.73. The molecule has 4 heteroatoms. The molecule has 2 fully saturated rings. The van der Waals surface area contributed by atoms with E-state index in [1.807, 2.05) is 0 Å². The number of hydrogen-bond acceptors (Lipinski definition) is 4. The number of hydrogen-bond donors (Lipinski definition) is 2. The molecule has 0 aliphatic carbocycles. The van der Waals surface area contributed by atoms with E-state index in [0.29, 0.717) is 0 Å². The van der Waals surface area contributed by atoms with Gasteiger partial charge in [-0.3, -0.25) is 0 Å². The molecule has 24 heavy (non-hydrogen) atoms. The Hall–Kier alpha value is -1.26. The van der Waals surface area contributed by atoms with Crippen molar-refractivity contribution in [1.29, 1.82) is 0 Å². The molecule has 0 amide bonds. The predicted octanol–water partition coefficient (Wildman–Crippen LogP) is 2.75. The second kappa shape index (κ2) is 6.57. The lowest BCUT2D eigenvalue weighted by atomic mass is 9.84. The average Bonchev–Trinajstić information content (AvgIpc) is 3.09. The zero-order valence-electron chi connectivity index (χ0n) is 15.3. The number of likely N-dealkylation sites (tertiary alicyclic amines) is 1. The summed E-state index contributed by atoms with van der Waals surface area (Å²) in [5.74, 6) is 0. The van der Waals surface area contributed by atoms with Gasteiger partial charge >= 0.3 is 0 Å². The van der Waals surface area contributed by atoms with Gasteiger partial charge in [-0.05, 0) is 89.0 Å². The Bertz CT molecular complexity index is 586. The lowest BCUT2D eigenvalue weighted by molar-refractivity contribution is 0.313. The molecule has 0 aromatic heterocycles. The third-order valence-electron chi connectivity index (χ3n) is 6.29. The Labute approximate surface area is 146 Å². The van der Waals surface area contributed by atoms with E-state index in [4.69, 9.17) is 0 Å². The Morgan fingerprint density at radius 2 is 1.71 bits per heavy atom. The molecule has 4 nitrogen and oxygen atoms in total. The van der Waals surface area contributed by atoms with Crippen molar-refractivity contribution in [2.75, 3.05) is 56.0 Å². The fourth-order valence-electron chi connectivity index (χ4n) is 4.59.